The van der Waals surface area contributed by atoms with Crippen LogP contribution in [0.4, 0.5) is 0 Å². The number of hydrogen-bond donors (Lipinski definition) is 1. The molecule has 1 atom stereocenters. The van der Waals surface area contributed by atoms with E-state index in [1.165, 1.54) is 32.2 Å². The van der Waals surface area contributed by atoms with Gasteiger partial charge in [-0.25, -0.2) is 0 Å². The van der Waals surface area contributed by atoms with Crippen molar-refractivity contribution in [1.29, 1.82) is 0 Å². The van der Waals surface area contributed by atoms with E-state index in [0.29, 0.717) is 5.54 Å². The lowest BCUT2D eigenvalue weighted by Crippen LogP contribution is -2.49. The van der Waals surface area contributed by atoms with Crippen molar-refractivity contribution in [3.05, 3.63) is 0 Å². The zero-order valence-corrected chi connectivity index (χ0v) is 6.11. The van der Waals surface area contributed by atoms with E-state index in [9.17, 15) is 0 Å². The first-order valence-electron chi connectivity index (χ1n) is 4.08. The van der Waals surface area contributed by atoms with Gasteiger partial charge in [0.2, 0.25) is 0 Å². The van der Waals surface area contributed by atoms with Crippen LogP contribution in [0.25, 0.3) is 0 Å². The predicted molar refractivity (Wildman–Crippen MR) is 38.4 cm³/mol. The second kappa shape index (κ2) is 1.72. The van der Waals surface area contributed by atoms with Crippen molar-refractivity contribution in [2.24, 2.45) is 5.92 Å². The van der Waals surface area contributed by atoms with Gasteiger partial charge in [0.15, 0.2) is 0 Å². The molecule has 1 aliphatic heterocycles. The van der Waals surface area contributed by atoms with Crippen molar-refractivity contribution in [1.82, 2.24) is 5.32 Å². The molecular formula is C8H15N. The van der Waals surface area contributed by atoms with Gasteiger partial charge in [0.05, 0.1) is 0 Å². The van der Waals surface area contributed by atoms with E-state index in [-0.39, 0.29) is 0 Å². The van der Waals surface area contributed by atoms with Crippen LogP contribution in [0.3, 0.4) is 0 Å². The SMILES string of the molecule is CC1CCNC12CCC2. The van der Waals surface area contributed by atoms with Crippen LogP contribution in [-0.4, -0.2) is 12.1 Å². The number of rotatable bonds is 0. The molecule has 0 aromatic carbocycles. The Morgan fingerprint density at radius 3 is 2.44 bits per heavy atom. The fourth-order valence-corrected chi connectivity index (χ4v) is 2.22. The Bertz CT molecular complexity index is 116. The summed E-state index contributed by atoms with van der Waals surface area (Å²) in [6.07, 6.45) is 5.74. The largest absolute Gasteiger partial charge is 0.311 e. The maximum atomic E-state index is 3.62. The van der Waals surface area contributed by atoms with Gasteiger partial charge in [0.1, 0.15) is 0 Å². The zero-order valence-electron chi connectivity index (χ0n) is 6.11. The van der Waals surface area contributed by atoms with Gasteiger partial charge < -0.3 is 5.32 Å². The monoisotopic (exact) mass is 125 g/mol. The summed E-state index contributed by atoms with van der Waals surface area (Å²) in [4.78, 5) is 0. The summed E-state index contributed by atoms with van der Waals surface area (Å²) in [5.74, 6) is 0.950. The molecule has 2 aliphatic rings. The van der Waals surface area contributed by atoms with Gasteiger partial charge in [0, 0.05) is 5.54 Å². The zero-order chi connectivity index (χ0) is 6.32. The Hall–Kier alpha value is -0.0400. The average Bonchev–Trinajstić information content (AvgIpc) is 2.07. The Balaban J connectivity index is 2.09. The quantitative estimate of drug-likeness (QED) is 0.518. The summed E-state index contributed by atoms with van der Waals surface area (Å²) in [6.45, 7) is 3.65. The minimum absolute atomic E-state index is 0.625. The summed E-state index contributed by atoms with van der Waals surface area (Å²) in [5.41, 5.74) is 0.625. The highest BCUT2D eigenvalue weighted by Gasteiger charge is 2.44. The van der Waals surface area contributed by atoms with Gasteiger partial charge in [-0.2, -0.15) is 0 Å². The smallest absolute Gasteiger partial charge is 0.0207 e. The molecule has 0 aromatic heterocycles. The first-order chi connectivity index (χ1) is 4.33. The molecule has 52 valence electrons. The number of nitrogens with one attached hydrogen (secondary N) is 1. The Kier molecular flexibility index (Phi) is 1.10. The lowest BCUT2D eigenvalue weighted by molar-refractivity contribution is 0.162. The molecule has 1 heteroatoms. The second-order valence-corrected chi connectivity index (χ2v) is 3.63. The fourth-order valence-electron chi connectivity index (χ4n) is 2.22. The third-order valence-electron chi connectivity index (χ3n) is 3.24. The molecule has 9 heavy (non-hydrogen) atoms. The maximum Gasteiger partial charge on any atom is 0.0207 e. The van der Waals surface area contributed by atoms with Gasteiger partial charge in [-0.1, -0.05) is 6.92 Å². The molecule has 1 saturated heterocycles. The van der Waals surface area contributed by atoms with Crippen LogP contribution in [0.15, 0.2) is 0 Å². The van der Waals surface area contributed by atoms with Crippen molar-refractivity contribution in [3.63, 3.8) is 0 Å². The van der Waals surface area contributed by atoms with Gasteiger partial charge in [-0.15, -0.1) is 0 Å². The molecule has 1 saturated carbocycles. The molecule has 0 aromatic rings. The Labute approximate surface area is 56.8 Å². The summed E-state index contributed by atoms with van der Waals surface area (Å²) < 4.78 is 0. The third kappa shape index (κ3) is 0.644. The topological polar surface area (TPSA) is 12.0 Å². The first-order valence-corrected chi connectivity index (χ1v) is 4.08. The maximum absolute atomic E-state index is 3.62. The third-order valence-corrected chi connectivity index (χ3v) is 3.24. The second-order valence-electron chi connectivity index (χ2n) is 3.63. The molecule has 1 nitrogen and oxygen atoms in total. The number of hydrogen-bond acceptors (Lipinski definition) is 1. The fraction of sp³-hybridized carbons (Fsp3) is 1.00. The molecule has 1 spiro atoms. The van der Waals surface area contributed by atoms with Gasteiger partial charge in [-0.05, 0) is 38.1 Å². The molecule has 1 N–H and O–H groups in total. The molecule has 1 heterocycles. The molecule has 2 fully saturated rings. The summed E-state index contributed by atoms with van der Waals surface area (Å²) >= 11 is 0. The lowest BCUT2D eigenvalue weighted by atomic mass is 9.70. The summed E-state index contributed by atoms with van der Waals surface area (Å²) in [6, 6.07) is 0. The van der Waals surface area contributed by atoms with Crippen LogP contribution in [0.2, 0.25) is 0 Å². The van der Waals surface area contributed by atoms with Crippen LogP contribution < -0.4 is 5.32 Å². The van der Waals surface area contributed by atoms with E-state index in [1.54, 1.807) is 0 Å². The highest BCUT2D eigenvalue weighted by molar-refractivity contribution is 5.03. The minimum Gasteiger partial charge on any atom is -0.311 e. The van der Waals surface area contributed by atoms with Crippen LogP contribution in [-0.2, 0) is 0 Å². The van der Waals surface area contributed by atoms with Crippen molar-refractivity contribution < 1.29 is 0 Å². The highest BCUT2D eigenvalue weighted by atomic mass is 15.0. The Morgan fingerprint density at radius 2 is 2.22 bits per heavy atom. The summed E-state index contributed by atoms with van der Waals surface area (Å²) in [7, 11) is 0. The van der Waals surface area contributed by atoms with Gasteiger partial charge >= 0.3 is 0 Å². The molecular weight excluding hydrogens is 110 g/mol. The van der Waals surface area contributed by atoms with E-state index in [2.05, 4.69) is 12.2 Å². The van der Waals surface area contributed by atoms with Crippen molar-refractivity contribution in [2.45, 2.75) is 38.1 Å². The van der Waals surface area contributed by atoms with E-state index in [1.807, 2.05) is 0 Å². The van der Waals surface area contributed by atoms with Crippen molar-refractivity contribution in [3.8, 4) is 0 Å². The van der Waals surface area contributed by atoms with Gasteiger partial charge in [-0.3, -0.25) is 0 Å². The lowest BCUT2D eigenvalue weighted by Gasteiger charge is -2.42. The van der Waals surface area contributed by atoms with E-state index < -0.39 is 0 Å². The average molecular weight is 125 g/mol. The molecule has 1 unspecified atom stereocenters. The van der Waals surface area contributed by atoms with Crippen LogP contribution in [0.1, 0.15) is 32.6 Å². The first kappa shape index (κ1) is 5.72. The molecule has 0 bridgehead atoms. The predicted octanol–water partition coefficient (Wildman–Crippen LogP) is 1.54. The normalized spacial score (nSPS) is 39.0. The van der Waals surface area contributed by atoms with Crippen LogP contribution >= 0.6 is 0 Å². The van der Waals surface area contributed by atoms with Crippen molar-refractivity contribution >= 4 is 0 Å². The van der Waals surface area contributed by atoms with Crippen LogP contribution in [0.5, 0.6) is 0 Å². The highest BCUT2D eigenvalue weighted by Crippen LogP contribution is 2.42. The molecule has 0 amide bonds. The molecule has 0 radical (unpaired) electrons. The van der Waals surface area contributed by atoms with E-state index in [0.717, 1.165) is 5.92 Å². The molecule has 1 aliphatic carbocycles. The molecule has 2 rings (SSSR count). The van der Waals surface area contributed by atoms with Gasteiger partial charge in [0.25, 0.3) is 0 Å². The van der Waals surface area contributed by atoms with E-state index in [4.69, 9.17) is 0 Å². The summed E-state index contributed by atoms with van der Waals surface area (Å²) in [5, 5.41) is 3.62. The van der Waals surface area contributed by atoms with Crippen molar-refractivity contribution in [2.75, 3.05) is 6.54 Å². The van der Waals surface area contributed by atoms with Crippen LogP contribution in [0, 0.1) is 5.92 Å². The minimum atomic E-state index is 0.625. The standard InChI is InChI=1S/C8H15N/c1-7-3-6-9-8(7)4-2-5-8/h7,9H,2-6H2,1H3. The van der Waals surface area contributed by atoms with E-state index >= 15 is 0 Å². The Morgan fingerprint density at radius 1 is 1.44 bits per heavy atom.